The number of sulfonamides is 1. The lowest BCUT2D eigenvalue weighted by molar-refractivity contribution is -0.121. The van der Waals surface area contributed by atoms with E-state index < -0.39 is 27.2 Å². The van der Waals surface area contributed by atoms with Gasteiger partial charge >= 0.3 is 0 Å². The van der Waals surface area contributed by atoms with Crippen molar-refractivity contribution in [1.82, 2.24) is 4.31 Å². The molecule has 9 heteroatoms. The summed E-state index contributed by atoms with van der Waals surface area (Å²) in [6, 6.07) is 10.6. The average molecular weight is 455 g/mol. The summed E-state index contributed by atoms with van der Waals surface area (Å²) in [5, 5.41) is 0.626. The second-order valence-electron chi connectivity index (χ2n) is 7.68. The minimum atomic E-state index is -3.96. The maximum atomic E-state index is 14.0. The first-order valence-electron chi connectivity index (χ1n) is 9.55. The Balaban J connectivity index is 1.74. The van der Waals surface area contributed by atoms with Gasteiger partial charge in [-0.1, -0.05) is 23.7 Å². The number of piperidine rings is 1. The molecule has 3 rings (SSSR count). The van der Waals surface area contributed by atoms with Crippen LogP contribution >= 0.6 is 11.6 Å². The van der Waals surface area contributed by atoms with E-state index in [9.17, 15) is 17.6 Å². The molecule has 2 N–H and O–H groups in total. The zero-order valence-corrected chi connectivity index (χ0v) is 18.2. The summed E-state index contributed by atoms with van der Waals surface area (Å²) in [6.45, 7) is 2.37. The van der Waals surface area contributed by atoms with Crippen LogP contribution in [0.4, 0.5) is 4.39 Å². The van der Waals surface area contributed by atoms with Crippen LogP contribution in [0.3, 0.4) is 0 Å². The number of nitrogens with zero attached hydrogens (tertiary/aromatic N) is 1. The quantitative estimate of drug-likeness (QED) is 0.693. The normalized spacial score (nSPS) is 16.9. The van der Waals surface area contributed by atoms with Gasteiger partial charge in [-0.15, -0.1) is 0 Å². The number of hydrogen-bond acceptors (Lipinski definition) is 4. The Morgan fingerprint density at radius 1 is 1.23 bits per heavy atom. The molecule has 2 aromatic carbocycles. The van der Waals surface area contributed by atoms with Crippen LogP contribution in [-0.2, 0) is 14.8 Å². The average Bonchev–Trinajstić information content (AvgIpc) is 2.69. The van der Waals surface area contributed by atoms with E-state index in [-0.39, 0.29) is 31.0 Å². The van der Waals surface area contributed by atoms with Crippen LogP contribution in [0.1, 0.15) is 24.8 Å². The Bertz CT molecular complexity index is 1040. The topological polar surface area (TPSA) is 89.7 Å². The molecule has 2 aromatic rings. The van der Waals surface area contributed by atoms with Crippen molar-refractivity contribution in [2.75, 3.05) is 19.7 Å². The third-order valence-electron chi connectivity index (χ3n) is 5.46. The molecule has 1 heterocycles. The monoisotopic (exact) mass is 454 g/mol. The van der Waals surface area contributed by atoms with E-state index in [4.69, 9.17) is 22.1 Å². The molecular formula is C21H24ClFN2O4S. The van der Waals surface area contributed by atoms with Gasteiger partial charge in [-0.3, -0.25) is 4.79 Å². The van der Waals surface area contributed by atoms with Gasteiger partial charge in [-0.2, -0.15) is 4.31 Å². The Hall–Kier alpha value is -2.16. The summed E-state index contributed by atoms with van der Waals surface area (Å²) in [4.78, 5) is 11.3. The van der Waals surface area contributed by atoms with Crippen LogP contribution in [0.2, 0.25) is 5.02 Å². The first-order chi connectivity index (χ1) is 14.1. The van der Waals surface area contributed by atoms with Crippen LogP contribution in [0.15, 0.2) is 47.4 Å². The lowest BCUT2D eigenvalue weighted by Crippen LogP contribution is -2.47. The van der Waals surface area contributed by atoms with Gasteiger partial charge in [0.25, 0.3) is 0 Å². The van der Waals surface area contributed by atoms with Crippen molar-refractivity contribution in [3.05, 3.63) is 58.9 Å². The third kappa shape index (κ3) is 4.94. The summed E-state index contributed by atoms with van der Waals surface area (Å²) < 4.78 is 46.9. The van der Waals surface area contributed by atoms with Gasteiger partial charge in [0.2, 0.25) is 15.9 Å². The van der Waals surface area contributed by atoms with Gasteiger partial charge in [-0.25, -0.2) is 12.8 Å². The highest BCUT2D eigenvalue weighted by molar-refractivity contribution is 7.89. The molecule has 0 unspecified atom stereocenters. The summed E-state index contributed by atoms with van der Waals surface area (Å²) >= 11 is 6.04. The van der Waals surface area contributed by atoms with E-state index in [0.29, 0.717) is 23.6 Å². The fraction of sp³-hybridized carbons (Fsp3) is 0.381. The summed E-state index contributed by atoms with van der Waals surface area (Å²) in [7, 11) is -3.96. The number of hydrogen-bond donors (Lipinski definition) is 1. The number of ether oxygens (including phenoxy) is 1. The van der Waals surface area contributed by atoms with Gasteiger partial charge in [0, 0.05) is 29.9 Å². The van der Waals surface area contributed by atoms with Crippen LogP contribution in [0, 0.1) is 18.2 Å². The van der Waals surface area contributed by atoms with E-state index >= 15 is 0 Å². The van der Waals surface area contributed by atoms with Gasteiger partial charge in [0.1, 0.15) is 16.5 Å². The molecule has 1 saturated heterocycles. The molecule has 1 fully saturated rings. The van der Waals surface area contributed by atoms with E-state index in [1.807, 2.05) is 6.92 Å². The molecule has 0 atom stereocenters. The Morgan fingerprint density at radius 3 is 2.50 bits per heavy atom. The number of aryl methyl sites for hydroxylation is 1. The first-order valence-corrected chi connectivity index (χ1v) is 11.4. The largest absolute Gasteiger partial charge is 0.493 e. The van der Waals surface area contributed by atoms with Crippen LogP contribution < -0.4 is 10.5 Å². The van der Waals surface area contributed by atoms with Crippen molar-refractivity contribution in [2.45, 2.75) is 31.1 Å². The molecule has 1 aliphatic rings. The number of primary amides is 1. The molecule has 0 aliphatic carbocycles. The number of carbonyl (C=O) groups is 1. The second kappa shape index (κ2) is 8.91. The zero-order chi connectivity index (χ0) is 21.9. The molecule has 0 spiro atoms. The smallest absolute Gasteiger partial charge is 0.245 e. The number of amides is 1. The van der Waals surface area contributed by atoms with Crippen molar-refractivity contribution in [2.24, 2.45) is 11.1 Å². The maximum Gasteiger partial charge on any atom is 0.245 e. The Kier molecular flexibility index (Phi) is 6.69. The van der Waals surface area contributed by atoms with Crippen molar-refractivity contribution in [1.29, 1.82) is 0 Å². The summed E-state index contributed by atoms with van der Waals surface area (Å²) in [5.41, 5.74) is 5.73. The molecule has 0 bridgehead atoms. The number of nitrogens with two attached hydrogens (primary N) is 1. The molecule has 162 valence electrons. The van der Waals surface area contributed by atoms with Crippen LogP contribution in [0.25, 0.3) is 0 Å². The Morgan fingerprint density at radius 2 is 1.90 bits per heavy atom. The fourth-order valence-electron chi connectivity index (χ4n) is 3.68. The highest BCUT2D eigenvalue weighted by Gasteiger charge is 2.41. The fourth-order valence-corrected chi connectivity index (χ4v) is 5.30. The molecule has 0 radical (unpaired) electrons. The number of carbonyl (C=O) groups excluding carboxylic acids is 1. The summed E-state index contributed by atoms with van der Waals surface area (Å²) in [5.74, 6) is -0.647. The number of benzene rings is 2. The SMILES string of the molecule is Cc1cc(OCC2(CC(N)=O)CCN(S(=O)(=O)c3ccccc3F)CC2)ccc1Cl. The van der Waals surface area contributed by atoms with Gasteiger partial charge < -0.3 is 10.5 Å². The molecule has 30 heavy (non-hydrogen) atoms. The third-order valence-corrected chi connectivity index (χ3v) is 7.82. The molecule has 6 nitrogen and oxygen atoms in total. The van der Waals surface area contributed by atoms with E-state index in [0.717, 1.165) is 11.6 Å². The lowest BCUT2D eigenvalue weighted by Gasteiger charge is -2.40. The number of rotatable bonds is 7. The van der Waals surface area contributed by atoms with Crippen LogP contribution in [-0.4, -0.2) is 38.3 Å². The summed E-state index contributed by atoms with van der Waals surface area (Å²) in [6.07, 6.45) is 0.819. The lowest BCUT2D eigenvalue weighted by atomic mass is 9.76. The maximum absolute atomic E-state index is 14.0. The van der Waals surface area contributed by atoms with Crippen molar-refractivity contribution in [3.8, 4) is 5.75 Å². The second-order valence-corrected chi connectivity index (χ2v) is 9.99. The molecule has 1 aliphatic heterocycles. The van der Waals surface area contributed by atoms with E-state index in [2.05, 4.69) is 0 Å². The van der Waals surface area contributed by atoms with E-state index in [1.165, 1.54) is 22.5 Å². The molecular weight excluding hydrogens is 431 g/mol. The van der Waals surface area contributed by atoms with Crippen molar-refractivity contribution in [3.63, 3.8) is 0 Å². The van der Waals surface area contributed by atoms with Gasteiger partial charge in [-0.05, 0) is 55.7 Å². The minimum Gasteiger partial charge on any atom is -0.493 e. The van der Waals surface area contributed by atoms with Crippen molar-refractivity contribution >= 4 is 27.5 Å². The van der Waals surface area contributed by atoms with Gasteiger partial charge in [0.15, 0.2) is 0 Å². The molecule has 0 aromatic heterocycles. The predicted molar refractivity (Wildman–Crippen MR) is 112 cm³/mol. The molecule has 1 amide bonds. The standard InChI is InChI=1S/C21H24ClFN2O4S/c1-15-12-16(6-7-17(15)22)29-14-21(13-20(24)26)8-10-25(11-9-21)30(27,28)19-5-3-2-4-18(19)23/h2-7,12H,8-11,13-14H2,1H3,(H2,24,26). The molecule has 0 saturated carbocycles. The van der Waals surface area contributed by atoms with Crippen LogP contribution in [0.5, 0.6) is 5.75 Å². The predicted octanol–water partition coefficient (Wildman–Crippen LogP) is 3.51. The van der Waals surface area contributed by atoms with Crippen molar-refractivity contribution < 1.29 is 22.3 Å². The highest BCUT2D eigenvalue weighted by Crippen LogP contribution is 2.38. The van der Waals surface area contributed by atoms with Gasteiger partial charge in [0.05, 0.1) is 6.61 Å². The Labute approximate surface area is 180 Å². The number of halogens is 2. The van der Waals surface area contributed by atoms with E-state index in [1.54, 1.807) is 18.2 Å². The zero-order valence-electron chi connectivity index (χ0n) is 16.6. The minimum absolute atomic E-state index is 0.0765. The first kappa shape index (κ1) is 22.5. The highest BCUT2D eigenvalue weighted by atomic mass is 35.5.